The zero-order valence-corrected chi connectivity index (χ0v) is 17.4. The Labute approximate surface area is 178 Å². The third-order valence-electron chi connectivity index (χ3n) is 5.38. The fourth-order valence-electron chi connectivity index (χ4n) is 3.69. The number of fused-ring (bicyclic) bond motifs is 1. The first-order valence-electron chi connectivity index (χ1n) is 10.3. The number of amides is 2. The summed E-state index contributed by atoms with van der Waals surface area (Å²) < 4.78 is 28.6. The first-order valence-corrected chi connectivity index (χ1v) is 10.3. The first kappa shape index (κ1) is 21.0. The molecule has 1 aliphatic heterocycles. The summed E-state index contributed by atoms with van der Waals surface area (Å²) in [6.45, 7) is 3.90. The zero-order valence-electron chi connectivity index (χ0n) is 17.4. The van der Waals surface area contributed by atoms with Crippen molar-refractivity contribution in [2.75, 3.05) is 13.1 Å². The third kappa shape index (κ3) is 4.42. The molecule has 2 amide bonds. The SMILES string of the molecule is CC(C)NC(=O)c1ccc(-n2ccc3cc(C(=O)N4CCC(F)(F)CC4)cnc32)cc1. The van der Waals surface area contributed by atoms with Gasteiger partial charge < -0.3 is 14.8 Å². The lowest BCUT2D eigenvalue weighted by Gasteiger charge is -2.31. The van der Waals surface area contributed by atoms with Crippen LogP contribution in [0.5, 0.6) is 0 Å². The molecule has 4 rings (SSSR count). The van der Waals surface area contributed by atoms with E-state index in [2.05, 4.69) is 10.3 Å². The van der Waals surface area contributed by atoms with E-state index in [4.69, 9.17) is 0 Å². The highest BCUT2D eigenvalue weighted by Gasteiger charge is 2.35. The second kappa shape index (κ2) is 8.09. The summed E-state index contributed by atoms with van der Waals surface area (Å²) in [7, 11) is 0. The number of alkyl halides is 2. The van der Waals surface area contributed by atoms with Gasteiger partial charge in [-0.15, -0.1) is 0 Å². The Hall–Kier alpha value is -3.29. The minimum Gasteiger partial charge on any atom is -0.350 e. The Morgan fingerprint density at radius 2 is 1.74 bits per heavy atom. The number of likely N-dealkylation sites (tertiary alicyclic amines) is 1. The number of nitrogens with zero attached hydrogens (tertiary/aromatic N) is 3. The third-order valence-corrected chi connectivity index (χ3v) is 5.38. The molecular formula is C23H24F2N4O2. The van der Waals surface area contributed by atoms with Gasteiger partial charge in [-0.05, 0) is 50.2 Å². The van der Waals surface area contributed by atoms with E-state index in [1.54, 1.807) is 18.2 Å². The molecule has 162 valence electrons. The summed E-state index contributed by atoms with van der Waals surface area (Å²) >= 11 is 0. The minimum absolute atomic E-state index is 0.0433. The number of rotatable bonds is 4. The van der Waals surface area contributed by atoms with E-state index in [1.165, 1.54) is 11.1 Å². The number of carbonyl (C=O) groups is 2. The molecule has 2 aromatic heterocycles. The van der Waals surface area contributed by atoms with Crippen LogP contribution < -0.4 is 5.32 Å². The van der Waals surface area contributed by atoms with Crippen molar-refractivity contribution in [3.05, 3.63) is 59.9 Å². The fraction of sp³-hybridized carbons (Fsp3) is 0.348. The fourth-order valence-corrected chi connectivity index (χ4v) is 3.69. The zero-order chi connectivity index (χ0) is 22.2. The molecular weight excluding hydrogens is 402 g/mol. The molecule has 1 saturated heterocycles. The van der Waals surface area contributed by atoms with Crippen molar-refractivity contribution in [1.29, 1.82) is 0 Å². The maximum absolute atomic E-state index is 13.4. The van der Waals surface area contributed by atoms with Gasteiger partial charge in [0.25, 0.3) is 17.7 Å². The van der Waals surface area contributed by atoms with Crippen molar-refractivity contribution in [1.82, 2.24) is 19.8 Å². The van der Waals surface area contributed by atoms with Gasteiger partial charge in [0.2, 0.25) is 0 Å². The summed E-state index contributed by atoms with van der Waals surface area (Å²) in [6, 6.07) is 10.8. The van der Waals surface area contributed by atoms with Crippen LogP contribution in [-0.4, -0.2) is 51.3 Å². The predicted molar refractivity (Wildman–Crippen MR) is 114 cm³/mol. The average molecular weight is 426 g/mol. The number of piperidine rings is 1. The lowest BCUT2D eigenvalue weighted by atomic mass is 10.1. The largest absolute Gasteiger partial charge is 0.350 e. The van der Waals surface area contributed by atoms with Crippen LogP contribution in [0.1, 0.15) is 47.4 Å². The van der Waals surface area contributed by atoms with Crippen LogP contribution in [-0.2, 0) is 0 Å². The summed E-state index contributed by atoms with van der Waals surface area (Å²) in [6.07, 6.45) is 2.71. The van der Waals surface area contributed by atoms with Gasteiger partial charge in [-0.3, -0.25) is 9.59 Å². The van der Waals surface area contributed by atoms with Crippen molar-refractivity contribution in [3.63, 3.8) is 0 Å². The molecule has 0 bridgehead atoms. The smallest absolute Gasteiger partial charge is 0.255 e. The lowest BCUT2D eigenvalue weighted by molar-refractivity contribution is -0.0494. The van der Waals surface area contributed by atoms with Crippen LogP contribution in [0.15, 0.2) is 48.8 Å². The first-order chi connectivity index (χ1) is 14.7. The number of pyridine rings is 1. The van der Waals surface area contributed by atoms with Crippen molar-refractivity contribution >= 4 is 22.8 Å². The second-order valence-corrected chi connectivity index (χ2v) is 8.15. The molecule has 0 aliphatic carbocycles. The molecule has 31 heavy (non-hydrogen) atoms. The monoisotopic (exact) mass is 426 g/mol. The summed E-state index contributed by atoms with van der Waals surface area (Å²) in [5.74, 6) is -3.10. The average Bonchev–Trinajstić information content (AvgIpc) is 3.16. The van der Waals surface area contributed by atoms with Gasteiger partial charge in [0.1, 0.15) is 5.65 Å². The quantitative estimate of drug-likeness (QED) is 0.685. The summed E-state index contributed by atoms with van der Waals surface area (Å²) in [5.41, 5.74) is 2.46. The van der Waals surface area contributed by atoms with Gasteiger partial charge >= 0.3 is 0 Å². The molecule has 0 atom stereocenters. The van der Waals surface area contributed by atoms with Crippen LogP contribution in [0.2, 0.25) is 0 Å². The highest BCUT2D eigenvalue weighted by molar-refractivity contribution is 5.97. The highest BCUT2D eigenvalue weighted by atomic mass is 19.3. The van der Waals surface area contributed by atoms with Gasteiger partial charge in [0, 0.05) is 61.0 Å². The van der Waals surface area contributed by atoms with Crippen LogP contribution >= 0.6 is 0 Å². The Morgan fingerprint density at radius 3 is 2.39 bits per heavy atom. The van der Waals surface area contributed by atoms with E-state index >= 15 is 0 Å². The molecule has 3 heterocycles. The predicted octanol–water partition coefficient (Wildman–Crippen LogP) is 4.04. The number of hydrogen-bond acceptors (Lipinski definition) is 3. The number of halogens is 2. The summed E-state index contributed by atoms with van der Waals surface area (Å²) in [4.78, 5) is 30.7. The Bertz CT molecular complexity index is 1110. The molecule has 0 spiro atoms. The highest BCUT2D eigenvalue weighted by Crippen LogP contribution is 2.29. The Balaban J connectivity index is 1.54. The van der Waals surface area contributed by atoms with Gasteiger partial charge in [-0.25, -0.2) is 13.8 Å². The van der Waals surface area contributed by atoms with Crippen molar-refractivity contribution < 1.29 is 18.4 Å². The lowest BCUT2D eigenvalue weighted by Crippen LogP contribution is -2.42. The maximum atomic E-state index is 13.4. The van der Waals surface area contributed by atoms with E-state index in [-0.39, 0.29) is 43.8 Å². The minimum atomic E-state index is -2.69. The van der Waals surface area contributed by atoms with Gasteiger partial charge in [-0.1, -0.05) is 0 Å². The number of hydrogen-bond donors (Lipinski definition) is 1. The van der Waals surface area contributed by atoms with Gasteiger partial charge in [-0.2, -0.15) is 0 Å². The van der Waals surface area contributed by atoms with Gasteiger partial charge in [0.05, 0.1) is 5.56 Å². The van der Waals surface area contributed by atoms with Crippen molar-refractivity contribution in [2.45, 2.75) is 38.7 Å². The van der Waals surface area contributed by atoms with Gasteiger partial charge in [0.15, 0.2) is 0 Å². The van der Waals surface area contributed by atoms with E-state index in [9.17, 15) is 18.4 Å². The Morgan fingerprint density at radius 1 is 1.06 bits per heavy atom. The molecule has 8 heteroatoms. The molecule has 3 aromatic rings. The van der Waals surface area contributed by atoms with E-state index < -0.39 is 5.92 Å². The molecule has 1 N–H and O–H groups in total. The standard InChI is InChI=1S/C23H24F2N4O2/c1-15(2)27-21(30)16-3-5-19(6-4-16)29-10-7-17-13-18(14-26-20(17)29)22(31)28-11-8-23(24,25)9-12-28/h3-7,10,13-15H,8-9,11-12H2,1-2H3,(H,27,30). The second-order valence-electron chi connectivity index (χ2n) is 8.15. The number of carbonyl (C=O) groups excluding carboxylic acids is 2. The molecule has 0 radical (unpaired) electrons. The molecule has 1 fully saturated rings. The van der Waals surface area contributed by atoms with Crippen LogP contribution in [0.3, 0.4) is 0 Å². The number of aromatic nitrogens is 2. The van der Waals surface area contributed by atoms with Crippen molar-refractivity contribution in [2.24, 2.45) is 0 Å². The summed E-state index contributed by atoms with van der Waals surface area (Å²) in [5, 5.41) is 3.63. The number of nitrogens with one attached hydrogen (secondary N) is 1. The maximum Gasteiger partial charge on any atom is 0.255 e. The number of benzene rings is 1. The molecule has 0 saturated carbocycles. The molecule has 1 aliphatic rings. The van der Waals surface area contributed by atoms with Crippen LogP contribution in [0.4, 0.5) is 8.78 Å². The topological polar surface area (TPSA) is 67.2 Å². The van der Waals surface area contributed by atoms with Crippen molar-refractivity contribution in [3.8, 4) is 5.69 Å². The molecule has 1 aromatic carbocycles. The molecule has 0 unspecified atom stereocenters. The molecule has 6 nitrogen and oxygen atoms in total. The van der Waals surface area contributed by atoms with E-state index in [1.807, 2.05) is 42.8 Å². The Kier molecular flexibility index (Phi) is 5.47. The normalized spacial score (nSPS) is 16.0. The van der Waals surface area contributed by atoms with E-state index in [0.29, 0.717) is 16.8 Å². The van der Waals surface area contributed by atoms with Crippen LogP contribution in [0.25, 0.3) is 16.7 Å². The van der Waals surface area contributed by atoms with Crippen LogP contribution in [0, 0.1) is 0 Å². The van der Waals surface area contributed by atoms with E-state index in [0.717, 1.165) is 11.1 Å².